The fraction of sp³-hybridized carbons (Fsp3) is 0.316. The molecule has 0 fully saturated rings. The fourth-order valence-corrected chi connectivity index (χ4v) is 2.52. The van der Waals surface area contributed by atoms with Crippen molar-refractivity contribution in [2.75, 3.05) is 23.3 Å². The van der Waals surface area contributed by atoms with Crippen LogP contribution in [-0.4, -0.2) is 19.0 Å². The minimum absolute atomic E-state index is 0.0585. The lowest BCUT2D eigenvalue weighted by Crippen LogP contribution is -2.21. The summed E-state index contributed by atoms with van der Waals surface area (Å²) < 4.78 is 0. The Labute approximate surface area is 133 Å². The molecule has 1 N–H and O–H groups in total. The van der Waals surface area contributed by atoms with Gasteiger partial charge in [-0.2, -0.15) is 0 Å². The molecule has 0 atom stereocenters. The molecule has 0 aromatic heterocycles. The van der Waals surface area contributed by atoms with E-state index < -0.39 is 0 Å². The van der Waals surface area contributed by atoms with Gasteiger partial charge in [0.05, 0.1) is 0 Å². The maximum atomic E-state index is 12.4. The molecule has 22 heavy (non-hydrogen) atoms. The second-order valence-electron chi connectivity index (χ2n) is 5.49. The number of benzene rings is 2. The average Bonchev–Trinajstić information content (AvgIpc) is 2.52. The first-order valence-corrected chi connectivity index (χ1v) is 7.78. The van der Waals surface area contributed by atoms with Gasteiger partial charge in [0.1, 0.15) is 0 Å². The molecule has 0 unspecified atom stereocenters. The van der Waals surface area contributed by atoms with Crippen LogP contribution in [0.3, 0.4) is 0 Å². The zero-order valence-corrected chi connectivity index (χ0v) is 13.8. The minimum Gasteiger partial charge on any atom is -0.372 e. The van der Waals surface area contributed by atoms with Gasteiger partial charge in [-0.3, -0.25) is 4.79 Å². The van der Waals surface area contributed by atoms with E-state index in [0.717, 1.165) is 35.5 Å². The Morgan fingerprint density at radius 1 is 1.00 bits per heavy atom. The van der Waals surface area contributed by atoms with Gasteiger partial charge in [0.25, 0.3) is 5.91 Å². The van der Waals surface area contributed by atoms with Gasteiger partial charge in [-0.15, -0.1) is 0 Å². The molecule has 3 heteroatoms. The number of hydrogen-bond acceptors (Lipinski definition) is 2. The number of rotatable bonds is 5. The van der Waals surface area contributed by atoms with Crippen molar-refractivity contribution in [1.29, 1.82) is 0 Å². The van der Waals surface area contributed by atoms with Crippen LogP contribution < -0.4 is 10.2 Å². The highest BCUT2D eigenvalue weighted by atomic mass is 16.1. The molecular weight excluding hydrogens is 272 g/mol. The van der Waals surface area contributed by atoms with E-state index in [1.807, 2.05) is 56.3 Å². The van der Waals surface area contributed by atoms with Crippen molar-refractivity contribution in [1.82, 2.24) is 0 Å². The van der Waals surface area contributed by atoms with Crippen molar-refractivity contribution in [3.63, 3.8) is 0 Å². The number of nitrogens with zero attached hydrogens (tertiary/aromatic N) is 1. The second-order valence-corrected chi connectivity index (χ2v) is 5.49. The number of hydrogen-bond donors (Lipinski definition) is 1. The molecule has 0 spiro atoms. The van der Waals surface area contributed by atoms with Crippen LogP contribution in [0.5, 0.6) is 0 Å². The number of anilines is 2. The van der Waals surface area contributed by atoms with Crippen LogP contribution in [0.25, 0.3) is 0 Å². The smallest absolute Gasteiger partial charge is 0.255 e. The van der Waals surface area contributed by atoms with E-state index in [9.17, 15) is 4.79 Å². The summed E-state index contributed by atoms with van der Waals surface area (Å²) in [6.07, 6.45) is 0. The Morgan fingerprint density at radius 2 is 1.64 bits per heavy atom. The SMILES string of the molecule is CCN(CC)c1ccc(NC(=O)c2cc(C)ccc2C)cc1. The first kappa shape index (κ1) is 16.1. The molecule has 2 rings (SSSR count). The van der Waals surface area contributed by atoms with E-state index in [1.165, 1.54) is 5.69 Å². The Morgan fingerprint density at radius 3 is 2.23 bits per heavy atom. The Bertz CT molecular complexity index is 643. The van der Waals surface area contributed by atoms with Crippen LogP contribution >= 0.6 is 0 Å². The quantitative estimate of drug-likeness (QED) is 0.887. The summed E-state index contributed by atoms with van der Waals surface area (Å²) in [6.45, 7) is 10.2. The van der Waals surface area contributed by atoms with Crippen LogP contribution in [-0.2, 0) is 0 Å². The fourth-order valence-electron chi connectivity index (χ4n) is 2.52. The normalized spacial score (nSPS) is 10.4. The first-order valence-electron chi connectivity index (χ1n) is 7.78. The molecule has 0 saturated carbocycles. The topological polar surface area (TPSA) is 32.3 Å². The third-order valence-electron chi connectivity index (χ3n) is 3.89. The molecule has 2 aromatic rings. The maximum absolute atomic E-state index is 12.4. The van der Waals surface area contributed by atoms with Crippen LogP contribution in [0, 0.1) is 13.8 Å². The van der Waals surface area contributed by atoms with E-state index in [4.69, 9.17) is 0 Å². The van der Waals surface area contributed by atoms with Gasteiger partial charge in [-0.05, 0) is 63.6 Å². The maximum Gasteiger partial charge on any atom is 0.255 e. The van der Waals surface area contributed by atoms with E-state index in [-0.39, 0.29) is 5.91 Å². The molecule has 2 aromatic carbocycles. The largest absolute Gasteiger partial charge is 0.372 e. The van der Waals surface area contributed by atoms with Gasteiger partial charge in [-0.1, -0.05) is 17.7 Å². The molecule has 116 valence electrons. The van der Waals surface area contributed by atoms with Crippen LogP contribution in [0.4, 0.5) is 11.4 Å². The van der Waals surface area contributed by atoms with Crippen LogP contribution in [0.15, 0.2) is 42.5 Å². The highest BCUT2D eigenvalue weighted by Crippen LogP contribution is 2.19. The molecule has 0 bridgehead atoms. The lowest BCUT2D eigenvalue weighted by atomic mass is 10.0. The summed E-state index contributed by atoms with van der Waals surface area (Å²) in [6, 6.07) is 13.9. The standard InChI is InChI=1S/C19H24N2O/c1-5-21(6-2)17-11-9-16(10-12-17)20-19(22)18-13-14(3)7-8-15(18)4/h7-13H,5-6H2,1-4H3,(H,20,22). The number of aryl methyl sites for hydroxylation is 2. The van der Waals surface area contributed by atoms with Crippen molar-refractivity contribution in [3.8, 4) is 0 Å². The van der Waals surface area contributed by atoms with Crippen molar-refractivity contribution in [2.24, 2.45) is 0 Å². The highest BCUT2D eigenvalue weighted by molar-refractivity contribution is 6.05. The van der Waals surface area contributed by atoms with Crippen molar-refractivity contribution >= 4 is 17.3 Å². The van der Waals surface area contributed by atoms with E-state index in [1.54, 1.807) is 0 Å². The molecule has 1 amide bonds. The Balaban J connectivity index is 2.13. The molecule has 0 aliphatic carbocycles. The molecule has 3 nitrogen and oxygen atoms in total. The van der Waals surface area contributed by atoms with Gasteiger partial charge >= 0.3 is 0 Å². The highest BCUT2D eigenvalue weighted by Gasteiger charge is 2.10. The zero-order valence-electron chi connectivity index (χ0n) is 13.8. The predicted molar refractivity (Wildman–Crippen MR) is 93.9 cm³/mol. The van der Waals surface area contributed by atoms with Gasteiger partial charge in [0, 0.05) is 30.0 Å². The Hall–Kier alpha value is -2.29. The second kappa shape index (κ2) is 7.12. The molecule has 0 saturated heterocycles. The van der Waals surface area contributed by atoms with Crippen molar-refractivity contribution < 1.29 is 4.79 Å². The molecule has 0 aliphatic heterocycles. The number of carbonyl (C=O) groups is 1. The van der Waals surface area contributed by atoms with Gasteiger partial charge in [0.15, 0.2) is 0 Å². The lowest BCUT2D eigenvalue weighted by molar-refractivity contribution is 0.102. The first-order chi connectivity index (χ1) is 10.5. The van der Waals surface area contributed by atoms with E-state index in [0.29, 0.717) is 0 Å². The molecule has 0 aliphatic rings. The minimum atomic E-state index is -0.0585. The number of nitrogens with one attached hydrogen (secondary N) is 1. The zero-order chi connectivity index (χ0) is 16.1. The third kappa shape index (κ3) is 3.67. The predicted octanol–water partition coefficient (Wildman–Crippen LogP) is 4.40. The number of carbonyl (C=O) groups excluding carboxylic acids is 1. The van der Waals surface area contributed by atoms with E-state index in [2.05, 4.69) is 24.1 Å². The summed E-state index contributed by atoms with van der Waals surface area (Å²) in [5, 5.41) is 2.97. The summed E-state index contributed by atoms with van der Waals surface area (Å²) in [7, 11) is 0. The van der Waals surface area contributed by atoms with Crippen molar-refractivity contribution in [2.45, 2.75) is 27.7 Å². The van der Waals surface area contributed by atoms with Gasteiger partial charge in [0.2, 0.25) is 0 Å². The summed E-state index contributed by atoms with van der Waals surface area (Å²) >= 11 is 0. The molecule has 0 heterocycles. The van der Waals surface area contributed by atoms with Crippen LogP contribution in [0.2, 0.25) is 0 Å². The molecule has 0 radical (unpaired) electrons. The van der Waals surface area contributed by atoms with Gasteiger partial charge < -0.3 is 10.2 Å². The average molecular weight is 296 g/mol. The molecular formula is C19H24N2O. The lowest BCUT2D eigenvalue weighted by Gasteiger charge is -2.21. The van der Waals surface area contributed by atoms with E-state index >= 15 is 0 Å². The van der Waals surface area contributed by atoms with Gasteiger partial charge in [-0.25, -0.2) is 0 Å². The number of amides is 1. The summed E-state index contributed by atoms with van der Waals surface area (Å²) in [5.41, 5.74) is 4.81. The third-order valence-corrected chi connectivity index (χ3v) is 3.89. The monoisotopic (exact) mass is 296 g/mol. The summed E-state index contributed by atoms with van der Waals surface area (Å²) in [5.74, 6) is -0.0585. The van der Waals surface area contributed by atoms with Crippen molar-refractivity contribution in [3.05, 3.63) is 59.2 Å². The Kier molecular flexibility index (Phi) is 5.21. The summed E-state index contributed by atoms with van der Waals surface area (Å²) in [4.78, 5) is 14.7. The van der Waals surface area contributed by atoms with Crippen LogP contribution in [0.1, 0.15) is 35.3 Å².